The summed E-state index contributed by atoms with van der Waals surface area (Å²) in [4.78, 5) is 4.20. The Kier molecular flexibility index (Phi) is 5.85. The Hall–Kier alpha value is -1.29. The molecule has 0 spiro atoms. The molecule has 0 fully saturated rings. The molecular formula is C16H18Cl2N2O. The fourth-order valence-corrected chi connectivity index (χ4v) is 2.51. The van der Waals surface area contributed by atoms with Crippen molar-refractivity contribution in [3.63, 3.8) is 0 Å². The molecule has 0 saturated heterocycles. The summed E-state index contributed by atoms with van der Waals surface area (Å²) in [5.41, 5.74) is 2.15. The van der Waals surface area contributed by atoms with Crippen LogP contribution < -0.4 is 10.1 Å². The molecule has 1 aromatic heterocycles. The maximum atomic E-state index is 6.09. The van der Waals surface area contributed by atoms with Crippen LogP contribution in [0.15, 0.2) is 36.5 Å². The van der Waals surface area contributed by atoms with E-state index in [1.807, 2.05) is 30.3 Å². The minimum Gasteiger partial charge on any atom is -0.481 e. The van der Waals surface area contributed by atoms with Gasteiger partial charge in [-0.05, 0) is 30.2 Å². The Morgan fingerprint density at radius 3 is 2.71 bits per heavy atom. The molecule has 2 rings (SSSR count). The molecule has 3 nitrogen and oxygen atoms in total. The van der Waals surface area contributed by atoms with Gasteiger partial charge >= 0.3 is 0 Å². The third kappa shape index (κ3) is 4.10. The van der Waals surface area contributed by atoms with Gasteiger partial charge in [-0.3, -0.25) is 0 Å². The highest BCUT2D eigenvalue weighted by molar-refractivity contribution is 6.42. The number of aromatic nitrogens is 1. The Bertz CT molecular complexity index is 605. The van der Waals surface area contributed by atoms with Crippen molar-refractivity contribution in [3.8, 4) is 5.88 Å². The first kappa shape index (κ1) is 16.1. The smallest absolute Gasteiger partial charge is 0.217 e. The molecule has 21 heavy (non-hydrogen) atoms. The predicted octanol–water partition coefficient (Wildman–Crippen LogP) is 4.64. The van der Waals surface area contributed by atoms with Gasteiger partial charge in [0.05, 0.1) is 17.2 Å². The first-order valence-electron chi connectivity index (χ1n) is 6.82. The molecule has 0 aliphatic rings. The summed E-state index contributed by atoms with van der Waals surface area (Å²) in [7, 11) is 1.63. The zero-order chi connectivity index (χ0) is 15.2. The van der Waals surface area contributed by atoms with Crippen molar-refractivity contribution in [2.24, 2.45) is 0 Å². The van der Waals surface area contributed by atoms with Gasteiger partial charge in [0.1, 0.15) is 0 Å². The molecule has 0 bridgehead atoms. The Balaban J connectivity index is 2.10. The van der Waals surface area contributed by atoms with Crippen LogP contribution in [0.1, 0.15) is 30.5 Å². The zero-order valence-corrected chi connectivity index (χ0v) is 13.6. The number of methoxy groups -OCH3 is 1. The monoisotopic (exact) mass is 324 g/mol. The van der Waals surface area contributed by atoms with Crippen LogP contribution in [0.3, 0.4) is 0 Å². The second-order valence-electron chi connectivity index (χ2n) is 4.69. The molecule has 0 radical (unpaired) electrons. The van der Waals surface area contributed by atoms with Crippen LogP contribution in [0, 0.1) is 0 Å². The van der Waals surface area contributed by atoms with E-state index in [-0.39, 0.29) is 6.04 Å². The fraction of sp³-hybridized carbons (Fsp3) is 0.312. The minimum atomic E-state index is 0.199. The van der Waals surface area contributed by atoms with Gasteiger partial charge in [0, 0.05) is 24.3 Å². The quantitative estimate of drug-likeness (QED) is 0.840. The maximum Gasteiger partial charge on any atom is 0.217 e. The Morgan fingerprint density at radius 1 is 1.24 bits per heavy atom. The first-order chi connectivity index (χ1) is 10.2. The van der Waals surface area contributed by atoms with Crippen molar-refractivity contribution < 1.29 is 4.74 Å². The van der Waals surface area contributed by atoms with Gasteiger partial charge in [0.15, 0.2) is 0 Å². The van der Waals surface area contributed by atoms with Crippen LogP contribution >= 0.6 is 23.2 Å². The summed E-state index contributed by atoms with van der Waals surface area (Å²) in [6, 6.07) is 9.83. The van der Waals surface area contributed by atoms with E-state index in [1.165, 1.54) is 0 Å². The third-order valence-electron chi connectivity index (χ3n) is 3.34. The number of nitrogens with zero attached hydrogens (tertiary/aromatic N) is 1. The average Bonchev–Trinajstić information content (AvgIpc) is 2.51. The van der Waals surface area contributed by atoms with Crippen molar-refractivity contribution in [2.45, 2.75) is 25.9 Å². The van der Waals surface area contributed by atoms with Crippen molar-refractivity contribution in [1.29, 1.82) is 0 Å². The van der Waals surface area contributed by atoms with Gasteiger partial charge in [-0.2, -0.15) is 0 Å². The van der Waals surface area contributed by atoms with Crippen LogP contribution in [0.4, 0.5) is 0 Å². The molecule has 0 aliphatic carbocycles. The second-order valence-corrected chi connectivity index (χ2v) is 5.50. The highest BCUT2D eigenvalue weighted by atomic mass is 35.5. The summed E-state index contributed by atoms with van der Waals surface area (Å²) >= 11 is 12.1. The number of halogens is 2. The van der Waals surface area contributed by atoms with E-state index in [9.17, 15) is 0 Å². The second kappa shape index (κ2) is 7.64. The third-order valence-corrected chi connectivity index (χ3v) is 4.08. The summed E-state index contributed by atoms with van der Waals surface area (Å²) < 4.78 is 5.26. The SMILES string of the molecule is CCC(NCc1cccnc1OC)c1ccc(Cl)c(Cl)c1. The predicted molar refractivity (Wildman–Crippen MR) is 87.1 cm³/mol. The van der Waals surface area contributed by atoms with E-state index in [4.69, 9.17) is 27.9 Å². The molecule has 112 valence electrons. The van der Waals surface area contributed by atoms with Gasteiger partial charge in [0.25, 0.3) is 0 Å². The number of hydrogen-bond acceptors (Lipinski definition) is 3. The summed E-state index contributed by atoms with van der Waals surface area (Å²) in [6.07, 6.45) is 2.67. The molecule has 1 heterocycles. The lowest BCUT2D eigenvalue weighted by Gasteiger charge is -2.18. The molecule has 0 saturated carbocycles. The van der Waals surface area contributed by atoms with Crippen molar-refractivity contribution >= 4 is 23.2 Å². The molecule has 2 aromatic rings. The normalized spacial score (nSPS) is 12.2. The summed E-state index contributed by atoms with van der Waals surface area (Å²) in [6.45, 7) is 2.80. The highest BCUT2D eigenvalue weighted by Gasteiger charge is 2.12. The van der Waals surface area contributed by atoms with E-state index in [1.54, 1.807) is 13.3 Å². The number of rotatable bonds is 6. The highest BCUT2D eigenvalue weighted by Crippen LogP contribution is 2.27. The standard InChI is InChI=1S/C16H18Cl2N2O/c1-3-15(11-6-7-13(17)14(18)9-11)20-10-12-5-4-8-19-16(12)21-2/h4-9,15,20H,3,10H2,1-2H3. The zero-order valence-electron chi connectivity index (χ0n) is 12.1. The van der Waals surface area contributed by atoms with Crippen LogP contribution in [0.2, 0.25) is 10.0 Å². The summed E-state index contributed by atoms with van der Waals surface area (Å²) in [5.74, 6) is 0.647. The maximum absolute atomic E-state index is 6.09. The molecular weight excluding hydrogens is 307 g/mol. The lowest BCUT2D eigenvalue weighted by molar-refractivity contribution is 0.388. The summed E-state index contributed by atoms with van der Waals surface area (Å²) in [5, 5.41) is 4.65. The van der Waals surface area contributed by atoms with E-state index in [2.05, 4.69) is 17.2 Å². The van der Waals surface area contributed by atoms with Gasteiger partial charge in [-0.1, -0.05) is 42.3 Å². The molecule has 1 aromatic carbocycles. The number of pyridine rings is 1. The number of hydrogen-bond donors (Lipinski definition) is 1. The van der Waals surface area contributed by atoms with E-state index in [0.29, 0.717) is 22.5 Å². The Morgan fingerprint density at radius 2 is 2.05 bits per heavy atom. The number of nitrogens with one attached hydrogen (secondary N) is 1. The van der Waals surface area contributed by atoms with Crippen LogP contribution in [-0.4, -0.2) is 12.1 Å². The number of benzene rings is 1. The van der Waals surface area contributed by atoms with Crippen molar-refractivity contribution in [2.75, 3.05) is 7.11 Å². The topological polar surface area (TPSA) is 34.2 Å². The van der Waals surface area contributed by atoms with Crippen LogP contribution in [0.25, 0.3) is 0 Å². The van der Waals surface area contributed by atoms with Crippen LogP contribution in [-0.2, 0) is 6.54 Å². The van der Waals surface area contributed by atoms with Gasteiger partial charge in [0.2, 0.25) is 5.88 Å². The first-order valence-corrected chi connectivity index (χ1v) is 7.57. The largest absolute Gasteiger partial charge is 0.481 e. The minimum absolute atomic E-state index is 0.199. The number of ether oxygens (including phenoxy) is 1. The molecule has 1 unspecified atom stereocenters. The Labute approximate surface area is 135 Å². The van der Waals surface area contributed by atoms with E-state index < -0.39 is 0 Å². The van der Waals surface area contributed by atoms with Crippen molar-refractivity contribution in [1.82, 2.24) is 10.3 Å². The lowest BCUT2D eigenvalue weighted by Crippen LogP contribution is -2.20. The van der Waals surface area contributed by atoms with Gasteiger partial charge in [-0.25, -0.2) is 4.98 Å². The molecule has 0 aliphatic heterocycles. The van der Waals surface area contributed by atoms with E-state index in [0.717, 1.165) is 17.5 Å². The van der Waals surface area contributed by atoms with Gasteiger partial charge in [-0.15, -0.1) is 0 Å². The molecule has 1 N–H and O–H groups in total. The van der Waals surface area contributed by atoms with Crippen molar-refractivity contribution in [3.05, 3.63) is 57.7 Å². The average molecular weight is 325 g/mol. The van der Waals surface area contributed by atoms with E-state index >= 15 is 0 Å². The van der Waals surface area contributed by atoms with Crippen LogP contribution in [0.5, 0.6) is 5.88 Å². The molecule has 5 heteroatoms. The fourth-order valence-electron chi connectivity index (χ4n) is 2.20. The molecule has 0 amide bonds. The molecule has 1 atom stereocenters. The van der Waals surface area contributed by atoms with Gasteiger partial charge < -0.3 is 10.1 Å². The lowest BCUT2D eigenvalue weighted by atomic mass is 10.0.